The van der Waals surface area contributed by atoms with E-state index in [-0.39, 0.29) is 38.6 Å². The van der Waals surface area contributed by atoms with E-state index in [1.807, 2.05) is 0 Å². The van der Waals surface area contributed by atoms with Gasteiger partial charge in [0, 0.05) is 19.4 Å². The van der Waals surface area contributed by atoms with Gasteiger partial charge in [-0.3, -0.25) is 18.6 Å². The molecule has 0 amide bonds. The van der Waals surface area contributed by atoms with Crippen LogP contribution in [0.25, 0.3) is 0 Å². The first-order valence-electron chi connectivity index (χ1n) is 22.6. The number of ether oxygens (including phenoxy) is 2. The summed E-state index contributed by atoms with van der Waals surface area (Å²) in [6.45, 7) is 3.61. The Balaban J connectivity index is 4.01. The maximum absolute atomic E-state index is 12.6. The molecule has 0 rings (SSSR count). The predicted octanol–water partition coefficient (Wildman–Crippen LogP) is 13.1. The summed E-state index contributed by atoms with van der Waals surface area (Å²) in [7, 11) is -4.37. The molecule has 0 aromatic rings. The van der Waals surface area contributed by atoms with E-state index in [0.29, 0.717) is 6.42 Å². The summed E-state index contributed by atoms with van der Waals surface area (Å²) in [4.78, 5) is 34.8. The predicted molar refractivity (Wildman–Crippen MR) is 233 cm³/mol. The minimum Gasteiger partial charge on any atom is -0.462 e. The largest absolute Gasteiger partial charge is 0.472 e. The van der Waals surface area contributed by atoms with E-state index in [0.717, 1.165) is 64.2 Å². The Hall–Kier alpha value is -2.03. The summed E-state index contributed by atoms with van der Waals surface area (Å²) in [5.74, 6) is -0.830. The molecule has 0 heterocycles. The zero-order valence-corrected chi connectivity index (χ0v) is 36.8. The molecule has 3 N–H and O–H groups in total. The zero-order valence-electron chi connectivity index (χ0n) is 35.9. The van der Waals surface area contributed by atoms with Crippen molar-refractivity contribution in [1.82, 2.24) is 0 Å². The third-order valence-corrected chi connectivity index (χ3v) is 10.5. The number of esters is 2. The lowest BCUT2D eigenvalue weighted by atomic mass is 10.0. The van der Waals surface area contributed by atoms with Gasteiger partial charge in [-0.05, 0) is 51.4 Å². The molecule has 0 saturated carbocycles. The molecule has 56 heavy (non-hydrogen) atoms. The zero-order chi connectivity index (χ0) is 41.1. The molecule has 326 valence electrons. The lowest BCUT2D eigenvalue weighted by Gasteiger charge is -2.19. The van der Waals surface area contributed by atoms with Crippen molar-refractivity contribution in [3.63, 3.8) is 0 Å². The van der Waals surface area contributed by atoms with Crippen molar-refractivity contribution in [1.29, 1.82) is 0 Å². The average Bonchev–Trinajstić information content (AvgIpc) is 3.18. The highest BCUT2D eigenvalue weighted by Gasteiger charge is 2.26. The fraction of sp³-hybridized carbons (Fsp3) is 0.783. The standard InChI is InChI=1S/C46H84NO8P/c1-3-5-7-9-11-13-15-16-17-18-19-20-21-22-23-24-25-26-27-28-29-31-33-35-37-39-46(49)55-44(43-54-56(50,51)53-41-40-47)42-52-45(48)38-36-34-32-30-14-12-10-8-6-4-2/h5,7,11,13,16-17,19-20,44H,3-4,6,8-10,12,14-15,18,21-43,47H2,1-2H3,(H,50,51)/b7-5-,13-11-,17-16-,20-19-. The van der Waals surface area contributed by atoms with Gasteiger partial charge in [0.1, 0.15) is 6.61 Å². The summed E-state index contributed by atoms with van der Waals surface area (Å²) in [6, 6.07) is 0. The number of nitrogens with two attached hydrogens (primary N) is 1. The normalized spacial score (nSPS) is 13.7. The summed E-state index contributed by atoms with van der Waals surface area (Å²) < 4.78 is 32.8. The van der Waals surface area contributed by atoms with Crippen LogP contribution in [0.2, 0.25) is 0 Å². The molecule has 0 aromatic carbocycles. The number of carbonyl (C=O) groups excluding carboxylic acids is 2. The molecule has 0 aliphatic rings. The van der Waals surface area contributed by atoms with Crippen molar-refractivity contribution in [2.24, 2.45) is 5.73 Å². The highest BCUT2D eigenvalue weighted by atomic mass is 31.2. The van der Waals surface area contributed by atoms with Crippen LogP contribution in [-0.2, 0) is 32.7 Å². The lowest BCUT2D eigenvalue weighted by Crippen LogP contribution is -2.29. The van der Waals surface area contributed by atoms with Gasteiger partial charge in [-0.2, -0.15) is 0 Å². The van der Waals surface area contributed by atoms with Crippen LogP contribution in [0.4, 0.5) is 0 Å². The van der Waals surface area contributed by atoms with Crippen LogP contribution >= 0.6 is 7.82 Å². The molecule has 0 aromatic heterocycles. The molecule has 0 bridgehead atoms. The van der Waals surface area contributed by atoms with Gasteiger partial charge in [-0.25, -0.2) is 4.57 Å². The molecule has 9 nitrogen and oxygen atoms in total. The fourth-order valence-corrected chi connectivity index (χ4v) is 6.92. The van der Waals surface area contributed by atoms with E-state index < -0.39 is 26.5 Å². The second-order valence-electron chi connectivity index (χ2n) is 14.9. The van der Waals surface area contributed by atoms with Crippen molar-refractivity contribution < 1.29 is 37.6 Å². The quantitative estimate of drug-likeness (QED) is 0.0267. The van der Waals surface area contributed by atoms with E-state index in [9.17, 15) is 19.0 Å². The minimum atomic E-state index is -4.37. The summed E-state index contributed by atoms with van der Waals surface area (Å²) in [5.41, 5.74) is 5.34. The monoisotopic (exact) mass is 810 g/mol. The van der Waals surface area contributed by atoms with Crippen LogP contribution in [0.5, 0.6) is 0 Å². The molecule has 0 radical (unpaired) electrons. The Labute approximate surface area is 343 Å². The van der Waals surface area contributed by atoms with Crippen molar-refractivity contribution >= 4 is 19.8 Å². The number of carbonyl (C=O) groups is 2. The van der Waals surface area contributed by atoms with E-state index in [4.69, 9.17) is 24.3 Å². The number of unbranched alkanes of at least 4 members (excludes halogenated alkanes) is 21. The molecule has 2 atom stereocenters. The highest BCUT2D eigenvalue weighted by Crippen LogP contribution is 2.43. The Morgan fingerprint density at radius 3 is 1.46 bits per heavy atom. The summed E-state index contributed by atoms with van der Waals surface area (Å²) in [5, 5.41) is 0. The van der Waals surface area contributed by atoms with Crippen LogP contribution in [0.1, 0.15) is 200 Å². The lowest BCUT2D eigenvalue weighted by molar-refractivity contribution is -0.161. The van der Waals surface area contributed by atoms with Gasteiger partial charge in [-0.15, -0.1) is 0 Å². The topological polar surface area (TPSA) is 134 Å². The molecule has 0 fully saturated rings. The summed E-state index contributed by atoms with van der Waals surface area (Å²) in [6.07, 6.45) is 48.7. The van der Waals surface area contributed by atoms with E-state index in [1.165, 1.54) is 103 Å². The van der Waals surface area contributed by atoms with E-state index in [2.05, 4.69) is 62.5 Å². The molecular weight excluding hydrogens is 725 g/mol. The molecule has 0 spiro atoms. The smallest absolute Gasteiger partial charge is 0.462 e. The van der Waals surface area contributed by atoms with Gasteiger partial charge < -0.3 is 20.1 Å². The van der Waals surface area contributed by atoms with Crippen molar-refractivity contribution in [2.45, 2.75) is 206 Å². The molecule has 0 saturated heterocycles. The van der Waals surface area contributed by atoms with Crippen LogP contribution in [0.15, 0.2) is 48.6 Å². The molecular formula is C46H84NO8P. The van der Waals surface area contributed by atoms with Crippen LogP contribution in [0.3, 0.4) is 0 Å². The average molecular weight is 810 g/mol. The third-order valence-electron chi connectivity index (χ3n) is 9.48. The second-order valence-corrected chi connectivity index (χ2v) is 16.3. The number of hydrogen-bond acceptors (Lipinski definition) is 8. The minimum absolute atomic E-state index is 0.0531. The molecule has 0 aliphatic heterocycles. The Morgan fingerprint density at radius 1 is 0.554 bits per heavy atom. The van der Waals surface area contributed by atoms with Crippen LogP contribution < -0.4 is 5.73 Å². The number of rotatable bonds is 42. The highest BCUT2D eigenvalue weighted by molar-refractivity contribution is 7.47. The van der Waals surface area contributed by atoms with Crippen molar-refractivity contribution in [3.05, 3.63) is 48.6 Å². The van der Waals surface area contributed by atoms with Gasteiger partial charge >= 0.3 is 19.8 Å². The van der Waals surface area contributed by atoms with Gasteiger partial charge in [0.2, 0.25) is 0 Å². The van der Waals surface area contributed by atoms with Crippen molar-refractivity contribution in [2.75, 3.05) is 26.4 Å². The second kappa shape index (κ2) is 42.6. The van der Waals surface area contributed by atoms with Gasteiger partial charge in [0.05, 0.1) is 13.2 Å². The van der Waals surface area contributed by atoms with E-state index in [1.54, 1.807) is 0 Å². The van der Waals surface area contributed by atoms with Crippen LogP contribution in [0, 0.1) is 0 Å². The Kier molecular flexibility index (Phi) is 41.0. The maximum Gasteiger partial charge on any atom is 0.472 e. The van der Waals surface area contributed by atoms with Gasteiger partial charge in [-0.1, -0.05) is 184 Å². The number of phosphoric ester groups is 1. The maximum atomic E-state index is 12.6. The number of hydrogen-bond donors (Lipinski definition) is 2. The van der Waals surface area contributed by atoms with E-state index >= 15 is 0 Å². The molecule has 0 aliphatic carbocycles. The first-order valence-corrected chi connectivity index (χ1v) is 24.1. The number of phosphoric acid groups is 1. The first-order chi connectivity index (χ1) is 27.3. The van der Waals surface area contributed by atoms with Crippen LogP contribution in [-0.4, -0.2) is 49.3 Å². The van der Waals surface area contributed by atoms with Crippen molar-refractivity contribution in [3.8, 4) is 0 Å². The third kappa shape index (κ3) is 41.6. The first kappa shape index (κ1) is 54.0. The van der Waals surface area contributed by atoms with Gasteiger partial charge in [0.25, 0.3) is 0 Å². The number of allylic oxidation sites excluding steroid dienone is 8. The fourth-order valence-electron chi connectivity index (χ4n) is 6.16. The summed E-state index contributed by atoms with van der Waals surface area (Å²) >= 11 is 0. The molecule has 2 unspecified atom stereocenters. The Bertz CT molecular complexity index is 1060. The van der Waals surface area contributed by atoms with Gasteiger partial charge in [0.15, 0.2) is 6.10 Å². The Morgan fingerprint density at radius 2 is 0.982 bits per heavy atom. The molecule has 10 heteroatoms. The SMILES string of the molecule is CC/C=C\C/C=C\C/C=C\C/C=C\CCCCCCCCCCCCCCC(=O)OC(COC(=O)CCCCCCCCCCCC)COP(=O)(O)OCCN.